The highest BCUT2D eigenvalue weighted by Gasteiger charge is 2.07. The number of rotatable bonds is 5. The van der Waals surface area contributed by atoms with E-state index in [9.17, 15) is 9.59 Å². The number of carbonyl (C=O) groups excluding carboxylic acids is 2. The number of carbonyl (C=O) groups is 2. The van der Waals surface area contributed by atoms with Gasteiger partial charge in [-0.05, 0) is 12.8 Å². The summed E-state index contributed by atoms with van der Waals surface area (Å²) in [5, 5.41) is 0. The zero-order valence-electron chi connectivity index (χ0n) is 7.76. The molecule has 0 saturated carbocycles. The largest absolute Gasteiger partial charge is 0.393 e. The molecule has 0 amide bonds. The average molecular weight is 172 g/mol. The Balaban J connectivity index is 3.47. The normalized spacial score (nSPS) is 9.50. The fourth-order valence-corrected chi connectivity index (χ4v) is 0.754. The molecule has 0 spiro atoms. The van der Waals surface area contributed by atoms with Gasteiger partial charge in [0.1, 0.15) is 0 Å². The molecule has 0 heterocycles. The molecule has 0 aromatic heterocycles. The van der Waals surface area contributed by atoms with Gasteiger partial charge in [0, 0.05) is 12.8 Å². The summed E-state index contributed by atoms with van der Waals surface area (Å²) in [7, 11) is 0. The van der Waals surface area contributed by atoms with Crippen molar-refractivity contribution in [2.75, 3.05) is 0 Å². The molecule has 12 heavy (non-hydrogen) atoms. The van der Waals surface area contributed by atoms with Gasteiger partial charge in [-0.3, -0.25) is 9.59 Å². The van der Waals surface area contributed by atoms with E-state index in [0.29, 0.717) is 12.8 Å². The number of esters is 2. The Morgan fingerprint density at radius 2 is 1.58 bits per heavy atom. The molecule has 3 heteroatoms. The van der Waals surface area contributed by atoms with Gasteiger partial charge in [0.25, 0.3) is 0 Å². The molecule has 3 nitrogen and oxygen atoms in total. The molecule has 0 fully saturated rings. The molecule has 0 bridgehead atoms. The predicted octanol–water partition coefficient (Wildman–Crippen LogP) is 2.05. The van der Waals surface area contributed by atoms with Crippen molar-refractivity contribution in [3.8, 4) is 0 Å². The summed E-state index contributed by atoms with van der Waals surface area (Å²) < 4.78 is 4.51. The first-order chi connectivity index (χ1) is 5.70. The highest BCUT2D eigenvalue weighted by Crippen LogP contribution is 1.99. The molecule has 70 valence electrons. The van der Waals surface area contributed by atoms with E-state index < -0.39 is 11.9 Å². The van der Waals surface area contributed by atoms with Crippen LogP contribution in [0.15, 0.2) is 0 Å². The Hall–Kier alpha value is -0.860. The van der Waals surface area contributed by atoms with Gasteiger partial charge in [0.15, 0.2) is 0 Å². The van der Waals surface area contributed by atoms with Crippen LogP contribution in [0.25, 0.3) is 0 Å². The second-order valence-electron chi connectivity index (χ2n) is 2.70. The minimum absolute atomic E-state index is 0.331. The summed E-state index contributed by atoms with van der Waals surface area (Å²) >= 11 is 0. The molecule has 0 saturated heterocycles. The van der Waals surface area contributed by atoms with Crippen LogP contribution in [-0.4, -0.2) is 11.9 Å². The molecule has 0 unspecified atom stereocenters. The molecule has 0 aromatic carbocycles. The van der Waals surface area contributed by atoms with E-state index in [1.807, 2.05) is 13.8 Å². The zero-order valence-corrected chi connectivity index (χ0v) is 7.76. The van der Waals surface area contributed by atoms with Crippen LogP contribution in [0.3, 0.4) is 0 Å². The second-order valence-corrected chi connectivity index (χ2v) is 2.70. The third kappa shape index (κ3) is 5.89. The van der Waals surface area contributed by atoms with Gasteiger partial charge in [-0.15, -0.1) is 0 Å². The average Bonchev–Trinajstić information content (AvgIpc) is 2.01. The first kappa shape index (κ1) is 11.1. The summed E-state index contributed by atoms with van der Waals surface area (Å²) in [6.45, 7) is 3.86. The van der Waals surface area contributed by atoms with Crippen LogP contribution < -0.4 is 0 Å². The van der Waals surface area contributed by atoms with Gasteiger partial charge < -0.3 is 4.74 Å². The van der Waals surface area contributed by atoms with Crippen molar-refractivity contribution in [3.05, 3.63) is 0 Å². The molecule has 0 aliphatic rings. The van der Waals surface area contributed by atoms with Gasteiger partial charge in [-0.2, -0.15) is 0 Å². The standard InChI is InChI=1S/C9H16O3/c1-3-5-7-9(11)12-8(10)6-4-2/h3-7H2,1-2H3. The monoisotopic (exact) mass is 172 g/mol. The van der Waals surface area contributed by atoms with Crippen molar-refractivity contribution in [2.45, 2.75) is 46.0 Å². The topological polar surface area (TPSA) is 43.4 Å². The van der Waals surface area contributed by atoms with Crippen molar-refractivity contribution in [1.82, 2.24) is 0 Å². The molecule has 0 aromatic rings. The lowest BCUT2D eigenvalue weighted by Gasteiger charge is -2.00. The maximum absolute atomic E-state index is 10.8. The highest BCUT2D eigenvalue weighted by molar-refractivity contribution is 5.85. The summed E-state index contributed by atoms with van der Waals surface area (Å²) in [6.07, 6.45) is 3.14. The van der Waals surface area contributed by atoms with Crippen LogP contribution in [-0.2, 0) is 14.3 Å². The van der Waals surface area contributed by atoms with Crippen molar-refractivity contribution in [1.29, 1.82) is 0 Å². The molecule has 0 aliphatic heterocycles. The Morgan fingerprint density at radius 1 is 1.00 bits per heavy atom. The van der Waals surface area contributed by atoms with Gasteiger partial charge >= 0.3 is 11.9 Å². The number of ether oxygens (including phenoxy) is 1. The van der Waals surface area contributed by atoms with Crippen LogP contribution >= 0.6 is 0 Å². The molecular weight excluding hydrogens is 156 g/mol. The van der Waals surface area contributed by atoms with Crippen LogP contribution in [0.1, 0.15) is 46.0 Å². The number of hydrogen-bond donors (Lipinski definition) is 0. The van der Waals surface area contributed by atoms with Gasteiger partial charge in [-0.25, -0.2) is 0 Å². The molecule has 0 N–H and O–H groups in total. The van der Waals surface area contributed by atoms with E-state index in [4.69, 9.17) is 0 Å². The molecule has 0 rings (SSSR count). The number of unbranched alkanes of at least 4 members (excludes halogenated alkanes) is 1. The minimum atomic E-state index is -0.404. The summed E-state index contributed by atoms with van der Waals surface area (Å²) in [5.41, 5.74) is 0. The van der Waals surface area contributed by atoms with E-state index in [-0.39, 0.29) is 0 Å². The van der Waals surface area contributed by atoms with Crippen molar-refractivity contribution >= 4 is 11.9 Å². The second kappa shape index (κ2) is 6.83. The van der Waals surface area contributed by atoms with Gasteiger partial charge in [-0.1, -0.05) is 20.3 Å². The predicted molar refractivity (Wildman–Crippen MR) is 45.5 cm³/mol. The van der Waals surface area contributed by atoms with E-state index in [0.717, 1.165) is 19.3 Å². The van der Waals surface area contributed by atoms with E-state index in [2.05, 4.69) is 4.74 Å². The lowest BCUT2D eigenvalue weighted by molar-refractivity contribution is -0.159. The third-order valence-corrected chi connectivity index (χ3v) is 1.42. The van der Waals surface area contributed by atoms with Crippen LogP contribution in [0.5, 0.6) is 0 Å². The van der Waals surface area contributed by atoms with E-state index in [1.54, 1.807) is 0 Å². The Labute approximate surface area is 73.1 Å². The molecule has 0 atom stereocenters. The van der Waals surface area contributed by atoms with Crippen LogP contribution in [0, 0.1) is 0 Å². The van der Waals surface area contributed by atoms with Gasteiger partial charge in [0.05, 0.1) is 0 Å². The lowest BCUT2D eigenvalue weighted by Crippen LogP contribution is -2.11. The van der Waals surface area contributed by atoms with E-state index in [1.165, 1.54) is 0 Å². The zero-order chi connectivity index (χ0) is 9.40. The third-order valence-electron chi connectivity index (χ3n) is 1.42. The fraction of sp³-hybridized carbons (Fsp3) is 0.778. The number of hydrogen-bond acceptors (Lipinski definition) is 3. The lowest BCUT2D eigenvalue weighted by atomic mass is 10.2. The maximum Gasteiger partial charge on any atom is 0.313 e. The van der Waals surface area contributed by atoms with Crippen LogP contribution in [0.2, 0.25) is 0 Å². The van der Waals surface area contributed by atoms with Crippen molar-refractivity contribution in [3.63, 3.8) is 0 Å². The Kier molecular flexibility index (Phi) is 6.34. The molecular formula is C9H16O3. The Morgan fingerprint density at radius 3 is 2.08 bits per heavy atom. The van der Waals surface area contributed by atoms with Crippen molar-refractivity contribution < 1.29 is 14.3 Å². The first-order valence-electron chi connectivity index (χ1n) is 4.44. The summed E-state index contributed by atoms with van der Waals surface area (Å²) in [6, 6.07) is 0. The van der Waals surface area contributed by atoms with Crippen molar-refractivity contribution in [2.24, 2.45) is 0 Å². The SMILES string of the molecule is CCCCC(=O)OC(=O)CCC. The smallest absolute Gasteiger partial charge is 0.313 e. The summed E-state index contributed by atoms with van der Waals surface area (Å²) in [5.74, 6) is -0.797. The molecule has 0 aliphatic carbocycles. The maximum atomic E-state index is 10.8. The fourth-order valence-electron chi connectivity index (χ4n) is 0.754. The first-order valence-corrected chi connectivity index (χ1v) is 4.44. The van der Waals surface area contributed by atoms with Gasteiger partial charge in [0.2, 0.25) is 0 Å². The minimum Gasteiger partial charge on any atom is -0.393 e. The quantitative estimate of drug-likeness (QED) is 0.471. The highest BCUT2D eigenvalue weighted by atomic mass is 16.6. The van der Waals surface area contributed by atoms with Crippen LogP contribution in [0.4, 0.5) is 0 Å². The van der Waals surface area contributed by atoms with E-state index >= 15 is 0 Å². The summed E-state index contributed by atoms with van der Waals surface area (Å²) in [4.78, 5) is 21.6. The molecule has 0 radical (unpaired) electrons. The Bertz CT molecular complexity index is 152.